The number of H-pyrrole nitrogens is 1. The van der Waals surface area contributed by atoms with Gasteiger partial charge in [-0.3, -0.25) is 4.57 Å². The van der Waals surface area contributed by atoms with E-state index in [0.29, 0.717) is 13.2 Å². The Kier molecular flexibility index (Phi) is 7.50. The summed E-state index contributed by atoms with van der Waals surface area (Å²) < 4.78 is 7.95. The Bertz CT molecular complexity index is 1010. The molecule has 0 saturated heterocycles. The van der Waals surface area contributed by atoms with Crippen LogP contribution >= 0.6 is 0 Å². The van der Waals surface area contributed by atoms with Crippen molar-refractivity contribution in [1.29, 1.82) is 0 Å². The maximum atomic E-state index is 12.2. The summed E-state index contributed by atoms with van der Waals surface area (Å²) in [5.74, 6) is 2.71. The summed E-state index contributed by atoms with van der Waals surface area (Å²) in [5.41, 5.74) is 3.11. The lowest BCUT2D eigenvalue weighted by Gasteiger charge is -2.24. The molecule has 1 unspecified atom stereocenters. The summed E-state index contributed by atoms with van der Waals surface area (Å²) in [5, 5.41) is 0. The van der Waals surface area contributed by atoms with E-state index in [2.05, 4.69) is 36.2 Å². The number of benzene rings is 2. The summed E-state index contributed by atoms with van der Waals surface area (Å²) in [6.07, 6.45) is 11.6. The van der Waals surface area contributed by atoms with Gasteiger partial charge in [-0.2, -0.15) is 0 Å². The largest absolute Gasteiger partial charge is 0.493 e. The van der Waals surface area contributed by atoms with Crippen molar-refractivity contribution >= 4 is 11.0 Å². The fourth-order valence-corrected chi connectivity index (χ4v) is 5.10. The van der Waals surface area contributed by atoms with E-state index < -0.39 is 0 Å². The van der Waals surface area contributed by atoms with Crippen LogP contribution in [0.15, 0.2) is 53.3 Å². The van der Waals surface area contributed by atoms with Crippen molar-refractivity contribution in [3.05, 3.63) is 64.6 Å². The van der Waals surface area contributed by atoms with Gasteiger partial charge in [0.05, 0.1) is 17.6 Å². The van der Waals surface area contributed by atoms with Crippen LogP contribution in [0.25, 0.3) is 11.0 Å². The number of aromatic nitrogens is 2. The molecule has 1 N–H and O–H groups in total. The number of nitrogens with zero attached hydrogens (tertiary/aromatic N) is 1. The molecular formula is C27H36N2O2. The summed E-state index contributed by atoms with van der Waals surface area (Å²) in [4.78, 5) is 15.1. The first-order valence-electron chi connectivity index (χ1n) is 12.1. The first-order chi connectivity index (χ1) is 15.2. The van der Waals surface area contributed by atoms with Crippen molar-refractivity contribution in [2.24, 2.45) is 11.8 Å². The molecule has 0 spiro atoms. The molecule has 166 valence electrons. The van der Waals surface area contributed by atoms with Crippen molar-refractivity contribution in [3.8, 4) is 5.75 Å². The summed E-state index contributed by atoms with van der Waals surface area (Å²) >= 11 is 0. The number of aryl methyl sites for hydroxylation is 2. The third-order valence-corrected chi connectivity index (χ3v) is 6.80. The SMILES string of the molecule is CC(CCc1ccccc1OCCCn1c(=O)[nH]c2ccccc21)CC1CCCCC1. The van der Waals surface area contributed by atoms with Crippen molar-refractivity contribution < 1.29 is 4.74 Å². The molecule has 1 aromatic heterocycles. The van der Waals surface area contributed by atoms with Gasteiger partial charge in [0.25, 0.3) is 0 Å². The van der Waals surface area contributed by atoms with Gasteiger partial charge in [0.2, 0.25) is 0 Å². The van der Waals surface area contributed by atoms with Crippen LogP contribution in [0.4, 0.5) is 0 Å². The van der Waals surface area contributed by atoms with Gasteiger partial charge >= 0.3 is 5.69 Å². The highest BCUT2D eigenvalue weighted by molar-refractivity contribution is 5.74. The molecule has 1 heterocycles. The number of fused-ring (bicyclic) bond motifs is 1. The fraction of sp³-hybridized carbons (Fsp3) is 0.519. The molecule has 0 bridgehead atoms. The van der Waals surface area contributed by atoms with E-state index in [4.69, 9.17) is 4.74 Å². The lowest BCUT2D eigenvalue weighted by atomic mass is 9.82. The second kappa shape index (κ2) is 10.7. The third kappa shape index (κ3) is 5.81. The standard InChI is InChI=1S/C27H36N2O2/c1-21(20-22-10-3-2-4-11-22)16-17-23-12-5-8-15-26(23)31-19-9-18-29-25-14-7-6-13-24(25)28-27(29)30/h5-8,12-15,21-22H,2-4,9-11,16-20H2,1H3,(H,28,30). The molecule has 4 nitrogen and oxygen atoms in total. The third-order valence-electron chi connectivity index (χ3n) is 6.80. The van der Waals surface area contributed by atoms with Gasteiger partial charge in [0, 0.05) is 6.54 Å². The molecule has 4 heteroatoms. The molecule has 1 fully saturated rings. The minimum absolute atomic E-state index is 0.0476. The summed E-state index contributed by atoms with van der Waals surface area (Å²) in [6, 6.07) is 16.3. The Morgan fingerprint density at radius 2 is 1.84 bits per heavy atom. The predicted octanol–water partition coefficient (Wildman–Crippen LogP) is 6.34. The minimum Gasteiger partial charge on any atom is -0.493 e. The summed E-state index contributed by atoms with van der Waals surface area (Å²) in [7, 11) is 0. The zero-order valence-corrected chi connectivity index (χ0v) is 18.8. The van der Waals surface area contributed by atoms with Crippen molar-refractivity contribution in [3.63, 3.8) is 0 Å². The van der Waals surface area contributed by atoms with Gasteiger partial charge in [-0.05, 0) is 61.3 Å². The molecule has 0 amide bonds. The Labute approximate surface area is 185 Å². The van der Waals surface area contributed by atoms with Gasteiger partial charge in [-0.15, -0.1) is 0 Å². The summed E-state index contributed by atoms with van der Waals surface area (Å²) in [6.45, 7) is 3.68. The zero-order valence-electron chi connectivity index (χ0n) is 18.8. The molecule has 3 aromatic rings. The van der Waals surface area contributed by atoms with E-state index in [1.165, 1.54) is 50.5 Å². The van der Waals surface area contributed by atoms with E-state index in [-0.39, 0.29) is 5.69 Å². The molecule has 1 aliphatic rings. The van der Waals surface area contributed by atoms with E-state index in [0.717, 1.165) is 41.5 Å². The molecule has 0 aliphatic heterocycles. The highest BCUT2D eigenvalue weighted by Gasteiger charge is 2.17. The maximum absolute atomic E-state index is 12.2. The Hall–Kier alpha value is -2.49. The van der Waals surface area contributed by atoms with E-state index in [9.17, 15) is 4.79 Å². The van der Waals surface area contributed by atoms with Crippen molar-refractivity contribution in [1.82, 2.24) is 9.55 Å². The lowest BCUT2D eigenvalue weighted by molar-refractivity contribution is 0.285. The fourth-order valence-electron chi connectivity index (χ4n) is 5.10. The number of rotatable bonds is 10. The quantitative estimate of drug-likeness (QED) is 0.389. The second-order valence-electron chi connectivity index (χ2n) is 9.29. The van der Waals surface area contributed by atoms with Crippen molar-refractivity contribution in [2.75, 3.05) is 6.61 Å². The van der Waals surface area contributed by atoms with Crippen LogP contribution in [0.2, 0.25) is 0 Å². The average molecular weight is 421 g/mol. The molecular weight excluding hydrogens is 384 g/mol. The van der Waals surface area contributed by atoms with Gasteiger partial charge < -0.3 is 9.72 Å². The van der Waals surface area contributed by atoms with E-state index in [1.54, 1.807) is 4.57 Å². The smallest absolute Gasteiger partial charge is 0.326 e. The Balaban J connectivity index is 1.26. The normalized spacial score (nSPS) is 15.9. The molecule has 31 heavy (non-hydrogen) atoms. The van der Waals surface area contributed by atoms with Crippen LogP contribution in [0.3, 0.4) is 0 Å². The highest BCUT2D eigenvalue weighted by atomic mass is 16.5. The molecule has 2 aromatic carbocycles. The number of aromatic amines is 1. The van der Waals surface area contributed by atoms with Crippen LogP contribution < -0.4 is 10.4 Å². The monoisotopic (exact) mass is 420 g/mol. The average Bonchev–Trinajstić information content (AvgIpc) is 3.11. The first-order valence-corrected chi connectivity index (χ1v) is 12.1. The number of nitrogens with one attached hydrogen (secondary N) is 1. The number of hydrogen-bond acceptors (Lipinski definition) is 2. The molecule has 0 radical (unpaired) electrons. The van der Waals surface area contributed by atoms with Gasteiger partial charge in [0.1, 0.15) is 5.75 Å². The number of imidazole rings is 1. The van der Waals surface area contributed by atoms with Crippen LogP contribution in [0.1, 0.15) is 63.9 Å². The Morgan fingerprint density at radius 1 is 1.06 bits per heavy atom. The molecule has 1 saturated carbocycles. The number of hydrogen-bond donors (Lipinski definition) is 1. The number of ether oxygens (including phenoxy) is 1. The predicted molar refractivity (Wildman–Crippen MR) is 128 cm³/mol. The minimum atomic E-state index is -0.0476. The lowest BCUT2D eigenvalue weighted by Crippen LogP contribution is -2.18. The van der Waals surface area contributed by atoms with Crippen LogP contribution in [0, 0.1) is 11.8 Å². The van der Waals surface area contributed by atoms with E-state index in [1.807, 2.05) is 24.3 Å². The Morgan fingerprint density at radius 3 is 2.71 bits per heavy atom. The van der Waals surface area contributed by atoms with Crippen molar-refractivity contribution in [2.45, 2.75) is 71.3 Å². The first kappa shape index (κ1) is 21.7. The van der Waals surface area contributed by atoms with E-state index >= 15 is 0 Å². The van der Waals surface area contributed by atoms with Gasteiger partial charge in [0.15, 0.2) is 0 Å². The van der Waals surface area contributed by atoms with Crippen LogP contribution in [0.5, 0.6) is 5.75 Å². The van der Waals surface area contributed by atoms with Crippen LogP contribution in [-0.4, -0.2) is 16.2 Å². The number of para-hydroxylation sites is 3. The topological polar surface area (TPSA) is 47.0 Å². The molecule has 1 atom stereocenters. The molecule has 1 aliphatic carbocycles. The zero-order chi connectivity index (χ0) is 21.5. The highest BCUT2D eigenvalue weighted by Crippen LogP contribution is 2.31. The van der Waals surface area contributed by atoms with Crippen LogP contribution in [-0.2, 0) is 13.0 Å². The second-order valence-corrected chi connectivity index (χ2v) is 9.29. The molecule has 4 rings (SSSR count). The maximum Gasteiger partial charge on any atom is 0.326 e. The van der Waals surface area contributed by atoms with Gasteiger partial charge in [-0.1, -0.05) is 69.4 Å². The van der Waals surface area contributed by atoms with Gasteiger partial charge in [-0.25, -0.2) is 4.79 Å².